The topological polar surface area (TPSA) is 41.5 Å². The Hall–Kier alpha value is -0.710. The second-order valence-corrected chi connectivity index (χ2v) is 6.39. The van der Waals surface area contributed by atoms with Gasteiger partial charge in [0.25, 0.3) is 0 Å². The first kappa shape index (κ1) is 17.3. The fourth-order valence-electron chi connectivity index (χ4n) is 1.89. The van der Waals surface area contributed by atoms with Crippen LogP contribution in [0.2, 0.25) is 0 Å². The minimum atomic E-state index is 0.266. The average Bonchev–Trinajstić information content (AvgIpc) is 2.47. The SMILES string of the molecule is CCCOc1ccc(C(CSC(C)CCO)NC)cc1. The summed E-state index contributed by atoms with van der Waals surface area (Å²) in [5.41, 5.74) is 1.28. The second kappa shape index (κ2) is 10.1. The van der Waals surface area contributed by atoms with Crippen LogP contribution in [-0.4, -0.2) is 36.4 Å². The first-order chi connectivity index (χ1) is 9.71. The fourth-order valence-corrected chi connectivity index (χ4v) is 3.04. The lowest BCUT2D eigenvalue weighted by Crippen LogP contribution is -2.20. The lowest BCUT2D eigenvalue weighted by Gasteiger charge is -2.19. The first-order valence-electron chi connectivity index (χ1n) is 7.33. The third-order valence-electron chi connectivity index (χ3n) is 3.19. The molecule has 0 radical (unpaired) electrons. The molecule has 20 heavy (non-hydrogen) atoms. The second-order valence-electron chi connectivity index (χ2n) is 4.91. The molecule has 4 heteroatoms. The molecule has 0 aliphatic carbocycles. The maximum atomic E-state index is 8.93. The van der Waals surface area contributed by atoms with Gasteiger partial charge in [-0.25, -0.2) is 0 Å². The van der Waals surface area contributed by atoms with Crippen LogP contribution in [0.5, 0.6) is 5.75 Å². The van der Waals surface area contributed by atoms with E-state index in [-0.39, 0.29) is 6.61 Å². The highest BCUT2D eigenvalue weighted by Crippen LogP contribution is 2.24. The Kier molecular flexibility index (Phi) is 8.74. The number of aliphatic hydroxyl groups excluding tert-OH is 1. The van der Waals surface area contributed by atoms with Crippen molar-refractivity contribution in [2.45, 2.75) is 38.0 Å². The van der Waals surface area contributed by atoms with Crippen LogP contribution in [0.25, 0.3) is 0 Å². The molecule has 0 bridgehead atoms. The molecular formula is C16H27NO2S. The zero-order valence-corrected chi connectivity index (χ0v) is 13.6. The van der Waals surface area contributed by atoms with Crippen LogP contribution in [0.3, 0.4) is 0 Å². The van der Waals surface area contributed by atoms with Gasteiger partial charge >= 0.3 is 0 Å². The Morgan fingerprint density at radius 1 is 1.30 bits per heavy atom. The van der Waals surface area contributed by atoms with Crippen LogP contribution in [0.1, 0.15) is 38.3 Å². The molecule has 0 saturated carbocycles. The smallest absolute Gasteiger partial charge is 0.119 e. The minimum absolute atomic E-state index is 0.266. The first-order valence-corrected chi connectivity index (χ1v) is 8.38. The highest BCUT2D eigenvalue weighted by Gasteiger charge is 2.11. The third-order valence-corrected chi connectivity index (χ3v) is 4.52. The zero-order valence-electron chi connectivity index (χ0n) is 12.8. The van der Waals surface area contributed by atoms with Crippen molar-refractivity contribution in [2.24, 2.45) is 0 Å². The number of ether oxygens (including phenoxy) is 1. The van der Waals surface area contributed by atoms with Gasteiger partial charge in [-0.15, -0.1) is 0 Å². The van der Waals surface area contributed by atoms with Gasteiger partial charge in [-0.3, -0.25) is 0 Å². The van der Waals surface area contributed by atoms with Crippen LogP contribution < -0.4 is 10.1 Å². The summed E-state index contributed by atoms with van der Waals surface area (Å²) in [6.45, 7) is 5.30. The molecule has 1 rings (SSSR count). The average molecular weight is 297 g/mol. The van der Waals surface area contributed by atoms with E-state index >= 15 is 0 Å². The van der Waals surface area contributed by atoms with Crippen molar-refractivity contribution in [3.8, 4) is 5.75 Å². The van der Waals surface area contributed by atoms with Crippen molar-refractivity contribution < 1.29 is 9.84 Å². The summed E-state index contributed by atoms with van der Waals surface area (Å²) in [6.07, 6.45) is 1.88. The molecule has 1 aromatic rings. The van der Waals surface area contributed by atoms with Crippen molar-refractivity contribution in [3.63, 3.8) is 0 Å². The van der Waals surface area contributed by atoms with Gasteiger partial charge in [-0.05, 0) is 37.6 Å². The van der Waals surface area contributed by atoms with Crippen LogP contribution >= 0.6 is 11.8 Å². The van der Waals surface area contributed by atoms with Gasteiger partial charge in [0.05, 0.1) is 6.61 Å². The Morgan fingerprint density at radius 2 is 2.00 bits per heavy atom. The largest absolute Gasteiger partial charge is 0.494 e. The fraction of sp³-hybridized carbons (Fsp3) is 0.625. The molecule has 3 nitrogen and oxygen atoms in total. The van der Waals surface area contributed by atoms with Crippen LogP contribution in [-0.2, 0) is 0 Å². The summed E-state index contributed by atoms with van der Waals surface area (Å²) in [7, 11) is 1.99. The third kappa shape index (κ3) is 6.16. The molecule has 2 N–H and O–H groups in total. The van der Waals surface area contributed by atoms with Crippen molar-refractivity contribution in [3.05, 3.63) is 29.8 Å². The minimum Gasteiger partial charge on any atom is -0.494 e. The summed E-state index contributed by atoms with van der Waals surface area (Å²) in [6, 6.07) is 8.67. The van der Waals surface area contributed by atoms with Crippen LogP contribution in [0, 0.1) is 0 Å². The van der Waals surface area contributed by atoms with Crippen molar-refractivity contribution in [2.75, 3.05) is 26.0 Å². The number of nitrogens with one attached hydrogen (secondary N) is 1. The standard InChI is InChI=1S/C16H27NO2S/c1-4-11-19-15-7-5-14(6-8-15)16(17-3)12-20-13(2)9-10-18/h5-8,13,16-18H,4,9-12H2,1-3H3. The van der Waals surface area contributed by atoms with E-state index in [9.17, 15) is 0 Å². The summed E-state index contributed by atoms with van der Waals surface area (Å²) in [5, 5.41) is 12.8. The van der Waals surface area contributed by atoms with E-state index in [2.05, 4.69) is 31.3 Å². The van der Waals surface area contributed by atoms with Gasteiger partial charge < -0.3 is 15.2 Å². The van der Waals surface area contributed by atoms with E-state index in [1.54, 1.807) is 0 Å². The number of hydrogen-bond acceptors (Lipinski definition) is 4. The van der Waals surface area contributed by atoms with Crippen molar-refractivity contribution in [1.29, 1.82) is 0 Å². The predicted octanol–water partition coefficient (Wildman–Crippen LogP) is 3.24. The van der Waals surface area contributed by atoms with E-state index in [0.29, 0.717) is 11.3 Å². The highest BCUT2D eigenvalue weighted by atomic mass is 32.2. The van der Waals surface area contributed by atoms with Gasteiger partial charge in [0.15, 0.2) is 0 Å². The molecule has 2 atom stereocenters. The Labute approximate surface area is 127 Å². The number of benzene rings is 1. The van der Waals surface area contributed by atoms with Gasteiger partial charge in [-0.1, -0.05) is 26.0 Å². The molecule has 0 saturated heterocycles. The lowest BCUT2D eigenvalue weighted by atomic mass is 10.1. The molecular weight excluding hydrogens is 270 g/mol. The lowest BCUT2D eigenvalue weighted by molar-refractivity contribution is 0.289. The predicted molar refractivity (Wildman–Crippen MR) is 87.7 cm³/mol. The Balaban J connectivity index is 2.52. The molecule has 0 aliphatic rings. The van der Waals surface area contributed by atoms with E-state index in [0.717, 1.165) is 31.0 Å². The maximum absolute atomic E-state index is 8.93. The number of hydrogen-bond donors (Lipinski definition) is 2. The monoisotopic (exact) mass is 297 g/mol. The van der Waals surface area contributed by atoms with E-state index in [1.807, 2.05) is 30.9 Å². The van der Waals surface area contributed by atoms with E-state index in [1.165, 1.54) is 5.56 Å². The zero-order chi connectivity index (χ0) is 14.8. The molecule has 0 aromatic heterocycles. The van der Waals surface area contributed by atoms with Gasteiger partial charge in [-0.2, -0.15) is 11.8 Å². The summed E-state index contributed by atoms with van der Waals surface area (Å²) < 4.78 is 5.60. The van der Waals surface area contributed by atoms with Crippen molar-refractivity contribution in [1.82, 2.24) is 5.32 Å². The van der Waals surface area contributed by atoms with Crippen molar-refractivity contribution >= 4 is 11.8 Å². The summed E-state index contributed by atoms with van der Waals surface area (Å²) >= 11 is 1.89. The van der Waals surface area contributed by atoms with Gasteiger partial charge in [0.2, 0.25) is 0 Å². The molecule has 0 fully saturated rings. The van der Waals surface area contributed by atoms with Gasteiger partial charge in [0.1, 0.15) is 5.75 Å². The maximum Gasteiger partial charge on any atom is 0.119 e. The molecule has 2 unspecified atom stereocenters. The summed E-state index contributed by atoms with van der Waals surface area (Å²) in [5.74, 6) is 1.94. The number of thioether (sulfide) groups is 1. The molecule has 0 heterocycles. The Morgan fingerprint density at radius 3 is 2.55 bits per heavy atom. The molecule has 0 amide bonds. The van der Waals surface area contributed by atoms with Gasteiger partial charge in [0, 0.05) is 23.7 Å². The van der Waals surface area contributed by atoms with E-state index < -0.39 is 0 Å². The summed E-state index contributed by atoms with van der Waals surface area (Å²) in [4.78, 5) is 0. The molecule has 0 spiro atoms. The number of aliphatic hydroxyl groups is 1. The highest BCUT2D eigenvalue weighted by molar-refractivity contribution is 7.99. The van der Waals surface area contributed by atoms with E-state index in [4.69, 9.17) is 9.84 Å². The van der Waals surface area contributed by atoms with Crippen LogP contribution in [0.4, 0.5) is 0 Å². The molecule has 1 aromatic carbocycles. The van der Waals surface area contributed by atoms with Crippen LogP contribution in [0.15, 0.2) is 24.3 Å². The normalized spacial score (nSPS) is 14.0. The number of rotatable bonds is 10. The molecule has 0 aliphatic heterocycles. The quantitative estimate of drug-likeness (QED) is 0.695. The Bertz CT molecular complexity index is 356. The molecule has 114 valence electrons.